The van der Waals surface area contributed by atoms with Crippen LogP contribution in [0, 0.1) is 11.8 Å². The molecule has 0 atom stereocenters. The summed E-state index contributed by atoms with van der Waals surface area (Å²) < 4.78 is 0.997. The first-order valence-corrected chi connectivity index (χ1v) is 9.17. The van der Waals surface area contributed by atoms with Gasteiger partial charge in [-0.15, -0.1) is 23.5 Å². The molecule has 1 aliphatic rings. The molecule has 0 bridgehead atoms. The van der Waals surface area contributed by atoms with E-state index in [1.165, 1.54) is 5.56 Å². The van der Waals surface area contributed by atoms with E-state index in [0.29, 0.717) is 0 Å². The van der Waals surface area contributed by atoms with Crippen LogP contribution < -0.4 is 0 Å². The molecule has 1 aliphatic heterocycles. The number of thioether (sulfide) groups is 2. The fourth-order valence-electron chi connectivity index (χ4n) is 2.07. The lowest BCUT2D eigenvalue weighted by atomic mass is 10.1. The lowest BCUT2D eigenvalue weighted by Crippen LogP contribution is -2.11. The van der Waals surface area contributed by atoms with Gasteiger partial charge in [-0.2, -0.15) is 0 Å². The van der Waals surface area contributed by atoms with Crippen molar-refractivity contribution in [2.75, 3.05) is 11.5 Å². The van der Waals surface area contributed by atoms with Gasteiger partial charge in [-0.05, 0) is 29.8 Å². The van der Waals surface area contributed by atoms with Gasteiger partial charge in [0.05, 0.1) is 0 Å². The van der Waals surface area contributed by atoms with Crippen molar-refractivity contribution in [3.8, 4) is 11.8 Å². The van der Waals surface area contributed by atoms with E-state index in [-0.39, 0.29) is 4.08 Å². The summed E-state index contributed by atoms with van der Waals surface area (Å²) in [5, 5.41) is 0. The van der Waals surface area contributed by atoms with Gasteiger partial charge >= 0.3 is 0 Å². The van der Waals surface area contributed by atoms with Crippen LogP contribution >= 0.6 is 39.5 Å². The fourth-order valence-corrected chi connectivity index (χ4v) is 5.26. The first-order chi connectivity index (χ1) is 9.78. The Morgan fingerprint density at radius 3 is 2.20 bits per heavy atom. The van der Waals surface area contributed by atoms with Crippen molar-refractivity contribution in [1.82, 2.24) is 0 Å². The van der Waals surface area contributed by atoms with Crippen LogP contribution in [0.3, 0.4) is 0 Å². The van der Waals surface area contributed by atoms with E-state index in [1.54, 1.807) is 0 Å². The molecule has 0 aromatic heterocycles. The summed E-state index contributed by atoms with van der Waals surface area (Å²) in [6.45, 7) is 0. The summed E-state index contributed by atoms with van der Waals surface area (Å²) in [5.74, 6) is 9.16. The maximum Gasteiger partial charge on any atom is 0.148 e. The molecule has 0 amide bonds. The highest BCUT2D eigenvalue weighted by molar-refractivity contribution is 9.10. The van der Waals surface area contributed by atoms with Crippen LogP contribution in [-0.2, 0) is 4.08 Å². The Bertz CT molecular complexity index is 632. The molecule has 0 nitrogen and oxygen atoms in total. The summed E-state index contributed by atoms with van der Waals surface area (Å²) in [7, 11) is 0. The Balaban J connectivity index is 1.97. The molecule has 0 radical (unpaired) electrons. The van der Waals surface area contributed by atoms with E-state index in [0.717, 1.165) is 21.5 Å². The normalized spacial score (nSPS) is 16.4. The second-order valence-electron chi connectivity index (χ2n) is 4.44. The van der Waals surface area contributed by atoms with Gasteiger partial charge in [0.25, 0.3) is 0 Å². The minimum Gasteiger partial charge on any atom is -0.126 e. The lowest BCUT2D eigenvalue weighted by molar-refractivity contribution is 1.19. The topological polar surface area (TPSA) is 0 Å². The van der Waals surface area contributed by atoms with E-state index in [9.17, 15) is 0 Å². The summed E-state index contributed by atoms with van der Waals surface area (Å²) in [6, 6.07) is 18.8. The monoisotopic (exact) mass is 360 g/mol. The first-order valence-electron chi connectivity index (χ1n) is 6.41. The number of hydrogen-bond donors (Lipinski definition) is 0. The molecular formula is C17H13BrS2. The average molecular weight is 361 g/mol. The predicted octanol–water partition coefficient (Wildman–Crippen LogP) is 5.13. The zero-order valence-electron chi connectivity index (χ0n) is 10.8. The van der Waals surface area contributed by atoms with Gasteiger partial charge in [0.1, 0.15) is 4.08 Å². The predicted molar refractivity (Wildman–Crippen MR) is 94.1 cm³/mol. The Labute approximate surface area is 136 Å². The minimum absolute atomic E-state index is 0.115. The first kappa shape index (κ1) is 14.1. The highest BCUT2D eigenvalue weighted by atomic mass is 79.9. The third-order valence-electron chi connectivity index (χ3n) is 3.06. The van der Waals surface area contributed by atoms with E-state index >= 15 is 0 Å². The van der Waals surface area contributed by atoms with Crippen LogP contribution in [0.15, 0.2) is 59.1 Å². The van der Waals surface area contributed by atoms with Crippen LogP contribution in [0.1, 0.15) is 11.1 Å². The number of hydrogen-bond acceptors (Lipinski definition) is 2. The van der Waals surface area contributed by atoms with Crippen molar-refractivity contribution in [2.24, 2.45) is 0 Å². The van der Waals surface area contributed by atoms with Crippen molar-refractivity contribution in [1.29, 1.82) is 0 Å². The van der Waals surface area contributed by atoms with Crippen molar-refractivity contribution >= 4 is 39.5 Å². The molecule has 3 rings (SSSR count). The molecule has 2 aromatic rings. The molecule has 0 unspecified atom stereocenters. The third kappa shape index (κ3) is 3.09. The molecule has 1 saturated heterocycles. The van der Waals surface area contributed by atoms with E-state index in [2.05, 4.69) is 64.2 Å². The number of rotatable bonds is 1. The standard InChI is InChI=1S/C17H13BrS2/c18-16-8-6-15(7-9-16)17(19-12-13-20-17)11-10-14-4-2-1-3-5-14/h1-9H,12-13H2. The van der Waals surface area contributed by atoms with Gasteiger partial charge in [-0.1, -0.05) is 58.1 Å². The summed E-state index contributed by atoms with van der Waals surface area (Å²) in [4.78, 5) is 0. The quantitative estimate of drug-likeness (QED) is 0.646. The van der Waals surface area contributed by atoms with E-state index in [4.69, 9.17) is 0 Å². The molecule has 1 heterocycles. The van der Waals surface area contributed by atoms with Crippen LogP contribution in [0.4, 0.5) is 0 Å². The summed E-state index contributed by atoms with van der Waals surface area (Å²) >= 11 is 7.38. The van der Waals surface area contributed by atoms with Crippen molar-refractivity contribution in [2.45, 2.75) is 4.08 Å². The molecule has 20 heavy (non-hydrogen) atoms. The largest absolute Gasteiger partial charge is 0.148 e. The van der Waals surface area contributed by atoms with Gasteiger partial charge in [-0.25, -0.2) is 0 Å². The molecule has 3 heteroatoms. The Hall–Kier alpha value is -0.820. The Morgan fingerprint density at radius 1 is 0.900 bits per heavy atom. The average Bonchev–Trinajstić information content (AvgIpc) is 2.97. The molecule has 0 spiro atoms. The highest BCUT2D eigenvalue weighted by Crippen LogP contribution is 2.51. The lowest BCUT2D eigenvalue weighted by Gasteiger charge is -2.21. The second kappa shape index (κ2) is 6.30. The molecule has 0 aliphatic carbocycles. The summed E-state index contributed by atoms with van der Waals surface area (Å²) in [6.07, 6.45) is 0. The zero-order chi connectivity index (χ0) is 13.8. The molecule has 0 saturated carbocycles. The van der Waals surface area contributed by atoms with Gasteiger partial charge in [-0.3, -0.25) is 0 Å². The van der Waals surface area contributed by atoms with Crippen LogP contribution in [0.5, 0.6) is 0 Å². The molecule has 2 aromatic carbocycles. The van der Waals surface area contributed by atoms with E-state index < -0.39 is 0 Å². The maximum absolute atomic E-state index is 3.51. The smallest absolute Gasteiger partial charge is 0.126 e. The van der Waals surface area contributed by atoms with Crippen LogP contribution in [0.25, 0.3) is 0 Å². The Morgan fingerprint density at radius 2 is 1.55 bits per heavy atom. The van der Waals surface area contributed by atoms with Crippen LogP contribution in [-0.4, -0.2) is 11.5 Å². The van der Waals surface area contributed by atoms with Gasteiger partial charge in [0.2, 0.25) is 0 Å². The SMILES string of the molecule is Brc1ccc(C2(C#Cc3ccccc3)SCCS2)cc1. The van der Waals surface area contributed by atoms with Crippen LogP contribution in [0.2, 0.25) is 0 Å². The highest BCUT2D eigenvalue weighted by Gasteiger charge is 2.35. The van der Waals surface area contributed by atoms with E-state index in [1.807, 2.05) is 41.7 Å². The number of benzene rings is 2. The zero-order valence-corrected chi connectivity index (χ0v) is 14.0. The third-order valence-corrected chi connectivity index (χ3v) is 6.86. The molecular weight excluding hydrogens is 348 g/mol. The summed E-state index contributed by atoms with van der Waals surface area (Å²) in [5.41, 5.74) is 2.37. The number of halogens is 1. The fraction of sp³-hybridized carbons (Fsp3) is 0.176. The van der Waals surface area contributed by atoms with Gasteiger partial charge < -0.3 is 0 Å². The van der Waals surface area contributed by atoms with Crippen molar-refractivity contribution < 1.29 is 0 Å². The van der Waals surface area contributed by atoms with Crippen molar-refractivity contribution in [3.63, 3.8) is 0 Å². The Kier molecular flexibility index (Phi) is 4.45. The van der Waals surface area contributed by atoms with Gasteiger partial charge in [0.15, 0.2) is 0 Å². The second-order valence-corrected chi connectivity index (χ2v) is 8.23. The minimum atomic E-state index is -0.115. The molecule has 100 valence electrons. The van der Waals surface area contributed by atoms with Gasteiger partial charge in [0, 0.05) is 21.5 Å². The molecule has 0 N–H and O–H groups in total. The maximum atomic E-state index is 3.51. The van der Waals surface area contributed by atoms with Crippen molar-refractivity contribution in [3.05, 3.63) is 70.2 Å². The molecule has 1 fully saturated rings.